The monoisotopic (exact) mass is 355 g/mol. The van der Waals surface area contributed by atoms with Crippen molar-refractivity contribution in [1.29, 1.82) is 0 Å². The fraction of sp³-hybridized carbons (Fsp3) is 0.308. The van der Waals surface area contributed by atoms with Gasteiger partial charge in [-0.1, -0.05) is 6.92 Å². The van der Waals surface area contributed by atoms with Gasteiger partial charge in [-0.25, -0.2) is 4.98 Å². The van der Waals surface area contributed by atoms with Crippen molar-refractivity contribution >= 4 is 22.6 Å². The Morgan fingerprint density at radius 1 is 1.22 bits per heavy atom. The number of nitrogens with one attached hydrogen (secondary N) is 1. The maximum Gasteiger partial charge on any atom is 0.264 e. The third kappa shape index (κ3) is 2.60. The summed E-state index contributed by atoms with van der Waals surface area (Å²) in [6, 6.07) is 3.86. The molecule has 2 heterocycles. The lowest BCUT2D eigenvalue weighted by Gasteiger charge is -2.06. The lowest BCUT2D eigenvalue weighted by molar-refractivity contribution is 0.966. The van der Waals surface area contributed by atoms with Crippen LogP contribution in [0.1, 0.15) is 24.0 Å². The zero-order valence-electron chi connectivity index (χ0n) is 10.5. The number of pyridine rings is 1. The van der Waals surface area contributed by atoms with Gasteiger partial charge in [0.05, 0.1) is 9.26 Å². The summed E-state index contributed by atoms with van der Waals surface area (Å²) in [5.41, 5.74) is 3.50. The summed E-state index contributed by atoms with van der Waals surface area (Å²) in [7, 11) is 0. The predicted octanol–water partition coefficient (Wildman–Crippen LogP) is 2.62. The van der Waals surface area contributed by atoms with Gasteiger partial charge in [-0.05, 0) is 55.0 Å². The highest BCUT2D eigenvalue weighted by Gasteiger charge is 2.09. The summed E-state index contributed by atoms with van der Waals surface area (Å²) in [5, 5.41) is 0. The molecule has 18 heavy (non-hydrogen) atoms. The summed E-state index contributed by atoms with van der Waals surface area (Å²) in [6.45, 7) is 5.86. The molecule has 0 spiro atoms. The molecule has 0 aliphatic rings. The maximum absolute atomic E-state index is 11.8. The van der Waals surface area contributed by atoms with Gasteiger partial charge in [0.1, 0.15) is 5.82 Å². The summed E-state index contributed by atoms with van der Waals surface area (Å²) in [6.07, 6.45) is 0.748. The number of halogens is 1. The van der Waals surface area contributed by atoms with Crippen LogP contribution in [0.3, 0.4) is 0 Å². The predicted molar refractivity (Wildman–Crippen MR) is 79.7 cm³/mol. The molecule has 2 rings (SSSR count). The van der Waals surface area contributed by atoms with E-state index in [9.17, 15) is 4.79 Å². The Morgan fingerprint density at radius 2 is 1.83 bits per heavy atom. The van der Waals surface area contributed by atoms with Gasteiger partial charge in [0.15, 0.2) is 0 Å². The Morgan fingerprint density at radius 3 is 2.39 bits per heavy atom. The number of aryl methyl sites for hydroxylation is 3. The Balaban J connectivity index is 2.64. The zero-order valence-corrected chi connectivity index (χ0v) is 12.7. The Labute approximate surface area is 119 Å². The summed E-state index contributed by atoms with van der Waals surface area (Å²) in [5.74, 6) is 0.617. The van der Waals surface area contributed by atoms with Crippen LogP contribution in [0.4, 0.5) is 0 Å². The zero-order chi connectivity index (χ0) is 13.3. The van der Waals surface area contributed by atoms with E-state index in [2.05, 4.69) is 15.0 Å². The molecule has 0 bridgehead atoms. The largest absolute Gasteiger partial charge is 0.306 e. The highest BCUT2D eigenvalue weighted by atomic mass is 127. The van der Waals surface area contributed by atoms with Crippen molar-refractivity contribution in [3.63, 3.8) is 0 Å². The summed E-state index contributed by atoms with van der Waals surface area (Å²) >= 11 is 2.04. The van der Waals surface area contributed by atoms with Gasteiger partial charge in [-0.3, -0.25) is 9.78 Å². The normalized spacial score (nSPS) is 10.7. The molecule has 94 valence electrons. The molecule has 4 nitrogen and oxygen atoms in total. The highest BCUT2D eigenvalue weighted by Crippen LogP contribution is 2.17. The van der Waals surface area contributed by atoms with Gasteiger partial charge < -0.3 is 4.98 Å². The minimum absolute atomic E-state index is 0.0791. The maximum atomic E-state index is 11.8. The van der Waals surface area contributed by atoms with E-state index in [0.717, 1.165) is 29.1 Å². The van der Waals surface area contributed by atoms with Crippen LogP contribution in [-0.2, 0) is 6.42 Å². The molecule has 0 fully saturated rings. The van der Waals surface area contributed by atoms with Crippen molar-refractivity contribution in [3.8, 4) is 11.4 Å². The molecule has 0 aromatic carbocycles. The summed E-state index contributed by atoms with van der Waals surface area (Å²) in [4.78, 5) is 23.5. The van der Waals surface area contributed by atoms with Crippen LogP contribution in [0.25, 0.3) is 11.4 Å². The van der Waals surface area contributed by atoms with Gasteiger partial charge in [0.2, 0.25) is 0 Å². The third-order valence-corrected chi connectivity index (χ3v) is 3.73. The lowest BCUT2D eigenvalue weighted by atomic mass is 10.2. The minimum Gasteiger partial charge on any atom is -0.306 e. The van der Waals surface area contributed by atoms with E-state index in [0.29, 0.717) is 9.39 Å². The number of hydrogen-bond donors (Lipinski definition) is 1. The number of nitrogens with zero attached hydrogens (tertiary/aromatic N) is 2. The van der Waals surface area contributed by atoms with Crippen LogP contribution in [-0.4, -0.2) is 15.0 Å². The second kappa shape index (κ2) is 5.17. The van der Waals surface area contributed by atoms with Crippen molar-refractivity contribution in [1.82, 2.24) is 15.0 Å². The van der Waals surface area contributed by atoms with Gasteiger partial charge in [-0.15, -0.1) is 0 Å². The van der Waals surface area contributed by atoms with Crippen molar-refractivity contribution in [2.24, 2.45) is 0 Å². The third-order valence-electron chi connectivity index (χ3n) is 2.62. The van der Waals surface area contributed by atoms with E-state index in [1.54, 1.807) is 0 Å². The van der Waals surface area contributed by atoms with Crippen molar-refractivity contribution < 1.29 is 0 Å². The first kappa shape index (κ1) is 13.2. The Bertz CT molecular complexity index is 629. The van der Waals surface area contributed by atoms with E-state index in [4.69, 9.17) is 0 Å². The molecule has 2 aromatic rings. The first-order chi connectivity index (χ1) is 8.51. The van der Waals surface area contributed by atoms with Gasteiger partial charge in [0, 0.05) is 17.0 Å². The average molecular weight is 355 g/mol. The molecule has 0 saturated heterocycles. The molecule has 0 aliphatic heterocycles. The van der Waals surface area contributed by atoms with Crippen molar-refractivity contribution in [3.05, 3.63) is 43.1 Å². The molecule has 0 atom stereocenters. The fourth-order valence-electron chi connectivity index (χ4n) is 1.85. The first-order valence-electron chi connectivity index (χ1n) is 5.75. The molecular formula is C13H14IN3O. The molecule has 1 N–H and O–H groups in total. The Hall–Kier alpha value is -1.24. The molecule has 0 unspecified atom stereocenters. The number of hydrogen-bond acceptors (Lipinski definition) is 3. The SMILES string of the molecule is CCc1nc(-c2cc(C)nc(C)c2)[nH]c(=O)c1I. The molecular weight excluding hydrogens is 341 g/mol. The number of rotatable bonds is 2. The van der Waals surface area contributed by atoms with Crippen LogP contribution >= 0.6 is 22.6 Å². The fourth-order valence-corrected chi connectivity index (χ4v) is 2.48. The second-order valence-electron chi connectivity index (χ2n) is 4.17. The van der Waals surface area contributed by atoms with Crippen molar-refractivity contribution in [2.45, 2.75) is 27.2 Å². The van der Waals surface area contributed by atoms with Crippen LogP contribution in [0.5, 0.6) is 0 Å². The van der Waals surface area contributed by atoms with E-state index in [1.807, 2.05) is 55.5 Å². The molecule has 0 amide bonds. The number of aromatic amines is 1. The molecule has 0 aliphatic carbocycles. The molecule has 5 heteroatoms. The van der Waals surface area contributed by atoms with Gasteiger partial charge >= 0.3 is 0 Å². The van der Waals surface area contributed by atoms with E-state index < -0.39 is 0 Å². The van der Waals surface area contributed by atoms with Crippen LogP contribution in [0.2, 0.25) is 0 Å². The van der Waals surface area contributed by atoms with Crippen LogP contribution in [0, 0.1) is 17.4 Å². The number of aromatic nitrogens is 3. The Kier molecular flexibility index (Phi) is 3.79. The number of H-pyrrole nitrogens is 1. The van der Waals surface area contributed by atoms with E-state index in [-0.39, 0.29) is 5.56 Å². The van der Waals surface area contributed by atoms with Gasteiger partial charge in [0.25, 0.3) is 5.56 Å². The topological polar surface area (TPSA) is 58.6 Å². The van der Waals surface area contributed by atoms with Crippen LogP contribution < -0.4 is 5.56 Å². The van der Waals surface area contributed by atoms with Crippen LogP contribution in [0.15, 0.2) is 16.9 Å². The molecule has 0 saturated carbocycles. The molecule has 0 radical (unpaired) electrons. The second-order valence-corrected chi connectivity index (χ2v) is 5.25. The standard InChI is InChI=1S/C13H14IN3O/c1-4-10-11(14)13(18)17-12(16-10)9-5-7(2)15-8(3)6-9/h5-6H,4H2,1-3H3,(H,16,17,18). The van der Waals surface area contributed by atoms with E-state index in [1.165, 1.54) is 0 Å². The minimum atomic E-state index is -0.0791. The van der Waals surface area contributed by atoms with Gasteiger partial charge in [-0.2, -0.15) is 0 Å². The van der Waals surface area contributed by atoms with E-state index >= 15 is 0 Å². The van der Waals surface area contributed by atoms with Crippen molar-refractivity contribution in [2.75, 3.05) is 0 Å². The first-order valence-corrected chi connectivity index (χ1v) is 6.83. The molecule has 2 aromatic heterocycles. The average Bonchev–Trinajstić information content (AvgIpc) is 2.31. The lowest BCUT2D eigenvalue weighted by Crippen LogP contribution is -2.16. The smallest absolute Gasteiger partial charge is 0.264 e. The quantitative estimate of drug-likeness (QED) is 0.843. The summed E-state index contributed by atoms with van der Waals surface area (Å²) < 4.78 is 0.668. The highest BCUT2D eigenvalue weighted by molar-refractivity contribution is 14.1.